The van der Waals surface area contributed by atoms with E-state index < -0.39 is 0 Å². The van der Waals surface area contributed by atoms with E-state index in [2.05, 4.69) is 0 Å². The molecule has 0 aliphatic carbocycles. The molecule has 0 heterocycles. The molecule has 0 aliphatic rings. The van der Waals surface area contributed by atoms with E-state index in [1.54, 1.807) is 0 Å². The van der Waals surface area contributed by atoms with Crippen molar-refractivity contribution in [3.05, 3.63) is 0 Å². The van der Waals surface area contributed by atoms with Crippen LogP contribution in [-0.4, -0.2) is 0 Å². The van der Waals surface area contributed by atoms with Crippen LogP contribution in [-0.2, 0) is 82.5 Å². The summed E-state index contributed by atoms with van der Waals surface area (Å²) in [4.78, 5) is 0. The maximum atomic E-state index is 0. The third-order valence-electron chi connectivity index (χ3n) is 0. The molecule has 1 radical (unpaired) electrons. The predicted octanol–water partition coefficient (Wildman–Crippen LogP) is -0.0125. The molecular weight excluding hydrogens is 432 g/mol. The van der Waals surface area contributed by atoms with E-state index >= 15 is 0 Å². The summed E-state index contributed by atoms with van der Waals surface area (Å²) in [6.45, 7) is 0. The van der Waals surface area contributed by atoms with Crippen molar-refractivity contribution in [2.24, 2.45) is 0 Å². The van der Waals surface area contributed by atoms with Gasteiger partial charge in [0.1, 0.15) is 0 Å². The monoisotopic (exact) mass is 429 g/mol. The third kappa shape index (κ3) is 25.4. The Labute approximate surface area is 116 Å². The number of hydrogen-bond donors (Lipinski definition) is 0. The molecule has 0 rings (SSSR count). The van der Waals surface area contributed by atoms with Gasteiger partial charge in [-0.3, -0.25) is 0 Å². The van der Waals surface area contributed by atoms with Crippen LogP contribution < -0.4 is 0 Å². The van der Waals surface area contributed by atoms with Gasteiger partial charge >= 0.3 is 0 Å². The van der Waals surface area contributed by atoms with E-state index in [9.17, 15) is 0 Å². The summed E-state index contributed by atoms with van der Waals surface area (Å²) < 4.78 is 0. The number of hydrogen-bond acceptors (Lipinski definition) is 0. The Morgan fingerprint density at radius 1 is 0.333 bits per heavy atom. The van der Waals surface area contributed by atoms with E-state index in [0.29, 0.717) is 0 Å². The summed E-state index contributed by atoms with van der Waals surface area (Å²) in [5.41, 5.74) is 0. The first-order valence-corrected chi connectivity index (χ1v) is 0. The van der Waals surface area contributed by atoms with Gasteiger partial charge in [-0.05, 0) is 0 Å². The smallest absolute Gasteiger partial charge is 0 e. The van der Waals surface area contributed by atoms with Crippen molar-refractivity contribution in [2.75, 3.05) is 0 Å². The Kier molecular flexibility index (Phi) is 342. The molecule has 0 N–H and O–H groups in total. The van der Waals surface area contributed by atoms with Gasteiger partial charge in [-0.2, -0.15) is 0 Å². The van der Waals surface area contributed by atoms with Gasteiger partial charge < -0.3 is 0 Å². The Bertz CT molecular complexity index is 3.90. The first-order chi connectivity index (χ1) is 0. The van der Waals surface area contributed by atoms with Crippen molar-refractivity contribution in [1.82, 2.24) is 0 Å². The molecule has 0 fully saturated rings. The molecule has 0 saturated heterocycles. The molecule has 0 unspecified atom stereocenters. The third-order valence-corrected chi connectivity index (χ3v) is 0. The van der Waals surface area contributed by atoms with Gasteiger partial charge in [0.15, 0.2) is 0 Å². The largest absolute Gasteiger partial charge is 0 e. The second kappa shape index (κ2) is 37.9. The average molecular weight is 432 g/mol. The minimum absolute atomic E-state index is 0. The van der Waals surface area contributed by atoms with Crippen LogP contribution in [0.5, 0.6) is 0 Å². The van der Waals surface area contributed by atoms with Crippen molar-refractivity contribution in [2.45, 2.75) is 0 Å². The SMILES string of the molecule is [La].[Ni].[Ni].[Ni].[Ni].[Ni]. The van der Waals surface area contributed by atoms with Crippen LogP contribution >= 0.6 is 0 Å². The molecule has 0 aliphatic heterocycles. The van der Waals surface area contributed by atoms with E-state index in [0.717, 1.165) is 0 Å². The van der Waals surface area contributed by atoms with E-state index in [1.807, 2.05) is 0 Å². The van der Waals surface area contributed by atoms with Gasteiger partial charge in [-0.15, -0.1) is 0 Å². The first kappa shape index (κ1) is 54.1. The fraction of sp³-hybridized carbons (Fsp3) is 0. The fourth-order valence-electron chi connectivity index (χ4n) is 0. The summed E-state index contributed by atoms with van der Waals surface area (Å²) in [6, 6.07) is 0. The molecule has 0 aromatic carbocycles. The zero-order valence-corrected chi connectivity index (χ0v) is 10.7. The zero-order chi connectivity index (χ0) is 0. The van der Waals surface area contributed by atoms with Crippen LogP contribution in [0.4, 0.5) is 0 Å². The number of rotatable bonds is 0. The van der Waals surface area contributed by atoms with Crippen molar-refractivity contribution in [3.8, 4) is 0 Å². The molecule has 0 aromatic heterocycles. The first-order valence-electron chi connectivity index (χ1n) is 0. The molecule has 0 atom stereocenters. The second-order valence-corrected chi connectivity index (χ2v) is 0. The van der Waals surface area contributed by atoms with Crippen molar-refractivity contribution in [3.63, 3.8) is 0 Å². The summed E-state index contributed by atoms with van der Waals surface area (Å²) in [5.74, 6) is 0. The van der Waals surface area contributed by atoms with Gasteiger partial charge in [-0.1, -0.05) is 0 Å². The normalized spacial score (nSPS) is 0. The molecule has 0 spiro atoms. The van der Waals surface area contributed by atoms with Crippen LogP contribution in [0.3, 0.4) is 0 Å². The second-order valence-electron chi connectivity index (χ2n) is 0. The Morgan fingerprint density at radius 2 is 0.333 bits per heavy atom. The molecule has 6 heteroatoms. The van der Waals surface area contributed by atoms with E-state index in [4.69, 9.17) is 0 Å². The quantitative estimate of drug-likeness (QED) is 0.473. The molecule has 0 nitrogen and oxygen atoms in total. The maximum absolute atomic E-state index is 0. The van der Waals surface area contributed by atoms with E-state index in [-0.39, 0.29) is 118 Å². The molecule has 0 amide bonds. The topological polar surface area (TPSA) is 0 Å². The minimum Gasteiger partial charge on any atom is 0 e. The summed E-state index contributed by atoms with van der Waals surface area (Å²) in [6.07, 6.45) is 0. The molecule has 53 valence electrons. The van der Waals surface area contributed by atoms with Crippen molar-refractivity contribution < 1.29 is 118 Å². The Balaban J connectivity index is 0. The van der Waals surface area contributed by atoms with Gasteiger partial charge in [0.25, 0.3) is 0 Å². The van der Waals surface area contributed by atoms with Crippen LogP contribution in [0.25, 0.3) is 0 Å². The van der Waals surface area contributed by atoms with Gasteiger partial charge in [-0.25, -0.2) is 0 Å². The maximum Gasteiger partial charge on any atom is 0 e. The van der Waals surface area contributed by atoms with Crippen LogP contribution in [0.2, 0.25) is 0 Å². The van der Waals surface area contributed by atoms with Crippen LogP contribution in [0.15, 0.2) is 0 Å². The van der Waals surface area contributed by atoms with E-state index in [1.165, 1.54) is 0 Å². The van der Waals surface area contributed by atoms with Crippen LogP contribution in [0.1, 0.15) is 0 Å². The molecular formula is LaNi5. The predicted molar refractivity (Wildman–Crippen MR) is 0 cm³/mol. The standard InChI is InChI=1S/La.5Ni. The fourth-order valence-corrected chi connectivity index (χ4v) is 0. The minimum atomic E-state index is 0. The summed E-state index contributed by atoms with van der Waals surface area (Å²) in [7, 11) is 0. The zero-order valence-electron chi connectivity index (χ0n) is 2.16. The Morgan fingerprint density at radius 3 is 0.333 bits per heavy atom. The van der Waals surface area contributed by atoms with Gasteiger partial charge in [0.05, 0.1) is 0 Å². The average Bonchev–Trinajstić information content (AvgIpc) is 0. The molecule has 6 heavy (non-hydrogen) atoms. The van der Waals surface area contributed by atoms with Crippen molar-refractivity contribution >= 4 is 0 Å². The van der Waals surface area contributed by atoms with Gasteiger partial charge in [0.2, 0.25) is 0 Å². The molecule has 0 bridgehead atoms. The Hall–Kier alpha value is 3.66. The van der Waals surface area contributed by atoms with Gasteiger partial charge in [0, 0.05) is 118 Å². The van der Waals surface area contributed by atoms with Crippen molar-refractivity contribution in [1.29, 1.82) is 0 Å². The summed E-state index contributed by atoms with van der Waals surface area (Å²) >= 11 is 0. The molecule has 0 aromatic rings. The van der Waals surface area contributed by atoms with Crippen LogP contribution in [0, 0.1) is 35.6 Å². The molecule has 0 saturated carbocycles. The summed E-state index contributed by atoms with van der Waals surface area (Å²) in [5, 5.41) is 0.